The fraction of sp³-hybridized carbons (Fsp3) is 0.417. The Kier molecular flexibility index (Phi) is 2.94. The van der Waals surface area contributed by atoms with Gasteiger partial charge in [0.2, 0.25) is 0 Å². The number of imidazole rings is 1. The molecule has 3 nitrogen and oxygen atoms in total. The topological polar surface area (TPSA) is 29.9 Å². The van der Waals surface area contributed by atoms with Crippen molar-refractivity contribution in [2.75, 3.05) is 13.1 Å². The van der Waals surface area contributed by atoms with Crippen LogP contribution in [0.1, 0.15) is 29.5 Å². The summed E-state index contributed by atoms with van der Waals surface area (Å²) in [4.78, 5) is 5.56. The van der Waals surface area contributed by atoms with Gasteiger partial charge in [-0.05, 0) is 19.1 Å². The molecule has 90 valence electrons. The highest BCUT2D eigenvalue weighted by atomic mass is 35.5. The van der Waals surface area contributed by atoms with Crippen LogP contribution in [0.5, 0.6) is 0 Å². The molecular formula is C12H14ClN3S. The fourth-order valence-corrected chi connectivity index (χ4v) is 3.25. The van der Waals surface area contributed by atoms with Gasteiger partial charge in [0.15, 0.2) is 0 Å². The molecule has 1 saturated heterocycles. The van der Waals surface area contributed by atoms with Crippen LogP contribution in [-0.4, -0.2) is 22.6 Å². The van der Waals surface area contributed by atoms with E-state index in [1.807, 2.05) is 18.6 Å². The molecule has 1 aliphatic rings. The summed E-state index contributed by atoms with van der Waals surface area (Å²) in [5.74, 6) is 0.607. The molecule has 0 spiro atoms. The van der Waals surface area contributed by atoms with E-state index in [-0.39, 0.29) is 0 Å². The van der Waals surface area contributed by atoms with Gasteiger partial charge in [-0.2, -0.15) is 0 Å². The van der Waals surface area contributed by atoms with Gasteiger partial charge in [0.25, 0.3) is 0 Å². The second kappa shape index (κ2) is 4.44. The molecule has 5 heteroatoms. The van der Waals surface area contributed by atoms with Crippen molar-refractivity contribution in [3.63, 3.8) is 0 Å². The monoisotopic (exact) mass is 267 g/mol. The van der Waals surface area contributed by atoms with Gasteiger partial charge in [-0.3, -0.25) is 0 Å². The van der Waals surface area contributed by atoms with Crippen molar-refractivity contribution in [3.05, 3.63) is 39.6 Å². The molecule has 3 rings (SSSR count). The summed E-state index contributed by atoms with van der Waals surface area (Å²) >= 11 is 7.63. The van der Waals surface area contributed by atoms with Crippen LogP contribution in [0.15, 0.2) is 24.7 Å². The van der Waals surface area contributed by atoms with Crippen molar-refractivity contribution in [1.82, 2.24) is 14.9 Å². The van der Waals surface area contributed by atoms with E-state index >= 15 is 0 Å². The molecule has 0 aromatic carbocycles. The number of hydrogen-bond donors (Lipinski definition) is 1. The van der Waals surface area contributed by atoms with Crippen LogP contribution < -0.4 is 5.32 Å². The van der Waals surface area contributed by atoms with Crippen molar-refractivity contribution in [2.24, 2.45) is 0 Å². The summed E-state index contributed by atoms with van der Waals surface area (Å²) in [5, 5.41) is 3.30. The molecule has 1 unspecified atom stereocenters. The van der Waals surface area contributed by atoms with Crippen LogP contribution in [0.4, 0.5) is 0 Å². The van der Waals surface area contributed by atoms with Crippen LogP contribution in [0.3, 0.4) is 0 Å². The minimum atomic E-state index is 0.311. The van der Waals surface area contributed by atoms with Crippen LogP contribution >= 0.6 is 22.9 Å². The Balaban J connectivity index is 1.90. The van der Waals surface area contributed by atoms with Crippen molar-refractivity contribution >= 4 is 22.9 Å². The maximum atomic E-state index is 5.99. The lowest BCUT2D eigenvalue weighted by Crippen LogP contribution is -2.41. The normalized spacial score (nSPS) is 18.0. The molecular weight excluding hydrogens is 254 g/mol. The molecule has 0 bridgehead atoms. The first-order valence-electron chi connectivity index (χ1n) is 5.73. The van der Waals surface area contributed by atoms with Gasteiger partial charge in [-0.15, -0.1) is 11.3 Å². The zero-order valence-corrected chi connectivity index (χ0v) is 11.1. The lowest BCUT2D eigenvalue weighted by molar-refractivity contribution is 0.419. The number of nitrogens with zero attached hydrogens (tertiary/aromatic N) is 2. The Morgan fingerprint density at radius 1 is 1.53 bits per heavy atom. The molecule has 1 atom stereocenters. The largest absolute Gasteiger partial charge is 0.326 e. The average Bonchev–Trinajstić information content (AvgIpc) is 2.84. The van der Waals surface area contributed by atoms with Crippen molar-refractivity contribution in [3.8, 4) is 0 Å². The first-order valence-corrected chi connectivity index (χ1v) is 6.93. The molecule has 2 aromatic heterocycles. The molecule has 0 amide bonds. The van der Waals surface area contributed by atoms with Gasteiger partial charge in [0, 0.05) is 35.8 Å². The Bertz CT molecular complexity index is 515. The van der Waals surface area contributed by atoms with Crippen LogP contribution in [0.25, 0.3) is 0 Å². The molecule has 3 heterocycles. The standard InChI is InChI=1S/C12H14ClN3S/c1-8(11-2-3-12(13)17-11)16-7-15-6-10(16)9-4-14-5-9/h2-3,6-9,14H,4-5H2,1H3. The summed E-state index contributed by atoms with van der Waals surface area (Å²) in [6, 6.07) is 4.37. The molecule has 1 fully saturated rings. The predicted molar refractivity (Wildman–Crippen MR) is 71.0 cm³/mol. The minimum Gasteiger partial charge on any atom is -0.326 e. The van der Waals surface area contributed by atoms with E-state index in [0.717, 1.165) is 17.4 Å². The number of aromatic nitrogens is 2. The fourth-order valence-electron chi connectivity index (χ4n) is 2.14. The summed E-state index contributed by atoms with van der Waals surface area (Å²) in [7, 11) is 0. The Morgan fingerprint density at radius 3 is 2.94 bits per heavy atom. The van der Waals surface area contributed by atoms with Gasteiger partial charge in [0.05, 0.1) is 16.7 Å². The first kappa shape index (κ1) is 11.3. The molecule has 1 N–H and O–H groups in total. The highest BCUT2D eigenvalue weighted by Crippen LogP contribution is 2.31. The van der Waals surface area contributed by atoms with Gasteiger partial charge in [0.1, 0.15) is 0 Å². The van der Waals surface area contributed by atoms with Gasteiger partial charge >= 0.3 is 0 Å². The van der Waals surface area contributed by atoms with Crippen molar-refractivity contribution in [2.45, 2.75) is 18.9 Å². The SMILES string of the molecule is CC(c1ccc(Cl)s1)n1cncc1C1CNC1. The molecule has 1 aliphatic heterocycles. The third-order valence-corrected chi connectivity index (χ3v) is 4.72. The number of hydrogen-bond acceptors (Lipinski definition) is 3. The minimum absolute atomic E-state index is 0.311. The third-order valence-electron chi connectivity index (χ3n) is 3.32. The van der Waals surface area contributed by atoms with Crippen molar-refractivity contribution < 1.29 is 0 Å². The highest BCUT2D eigenvalue weighted by molar-refractivity contribution is 7.16. The van der Waals surface area contributed by atoms with E-state index in [1.54, 1.807) is 11.3 Å². The third kappa shape index (κ3) is 2.01. The lowest BCUT2D eigenvalue weighted by atomic mass is 9.99. The van der Waals surface area contributed by atoms with E-state index in [4.69, 9.17) is 11.6 Å². The van der Waals surface area contributed by atoms with E-state index < -0.39 is 0 Å². The number of thiophene rings is 1. The summed E-state index contributed by atoms with van der Waals surface area (Å²) in [6.07, 6.45) is 3.91. The maximum absolute atomic E-state index is 5.99. The Hall–Kier alpha value is -0.840. The number of halogens is 1. The molecule has 0 aliphatic carbocycles. The zero-order valence-electron chi connectivity index (χ0n) is 9.56. The second-order valence-corrected chi connectivity index (χ2v) is 6.15. The average molecular weight is 268 g/mol. The summed E-state index contributed by atoms with van der Waals surface area (Å²) < 4.78 is 3.10. The predicted octanol–water partition coefficient (Wildman–Crippen LogP) is 2.89. The van der Waals surface area contributed by atoms with Crippen LogP contribution in [0.2, 0.25) is 4.34 Å². The molecule has 17 heavy (non-hydrogen) atoms. The number of rotatable bonds is 3. The van der Waals surface area contributed by atoms with Gasteiger partial charge < -0.3 is 9.88 Å². The van der Waals surface area contributed by atoms with E-state index in [0.29, 0.717) is 12.0 Å². The quantitative estimate of drug-likeness (QED) is 0.927. The summed E-state index contributed by atoms with van der Waals surface area (Å²) in [5.41, 5.74) is 1.32. The van der Waals surface area contributed by atoms with Gasteiger partial charge in [-0.1, -0.05) is 11.6 Å². The Morgan fingerprint density at radius 2 is 2.35 bits per heavy atom. The maximum Gasteiger partial charge on any atom is 0.0954 e. The lowest BCUT2D eigenvalue weighted by Gasteiger charge is -2.29. The van der Waals surface area contributed by atoms with Crippen LogP contribution in [0, 0.1) is 0 Å². The number of nitrogens with one attached hydrogen (secondary N) is 1. The molecule has 0 saturated carbocycles. The van der Waals surface area contributed by atoms with E-state index in [9.17, 15) is 0 Å². The van der Waals surface area contributed by atoms with Crippen LogP contribution in [-0.2, 0) is 0 Å². The second-order valence-electron chi connectivity index (χ2n) is 4.40. The zero-order chi connectivity index (χ0) is 11.8. The smallest absolute Gasteiger partial charge is 0.0954 e. The van der Waals surface area contributed by atoms with E-state index in [1.165, 1.54) is 10.6 Å². The summed E-state index contributed by atoms with van der Waals surface area (Å²) in [6.45, 7) is 4.31. The highest BCUT2D eigenvalue weighted by Gasteiger charge is 2.24. The molecule has 2 aromatic rings. The van der Waals surface area contributed by atoms with Crippen molar-refractivity contribution in [1.29, 1.82) is 0 Å². The van der Waals surface area contributed by atoms with Gasteiger partial charge in [-0.25, -0.2) is 4.98 Å². The van der Waals surface area contributed by atoms with E-state index in [2.05, 4.69) is 27.9 Å². The molecule has 0 radical (unpaired) electrons. The Labute approximate surface area is 109 Å². The first-order chi connectivity index (χ1) is 8.25.